The number of aryl methyl sites for hydroxylation is 1. The Morgan fingerprint density at radius 2 is 1.76 bits per heavy atom. The normalized spacial score (nSPS) is 11.3. The molecule has 0 saturated carbocycles. The van der Waals surface area contributed by atoms with Crippen LogP contribution in [0.5, 0.6) is 11.8 Å². The Morgan fingerprint density at radius 3 is 2.38 bits per heavy atom. The molecule has 0 radical (unpaired) electrons. The Kier molecular flexibility index (Phi) is 4.88. The van der Waals surface area contributed by atoms with E-state index in [2.05, 4.69) is 28.1 Å². The summed E-state index contributed by atoms with van der Waals surface area (Å²) in [6.07, 6.45) is 4.35. The van der Waals surface area contributed by atoms with E-state index in [0.29, 0.717) is 16.8 Å². The molecule has 0 amide bonds. The van der Waals surface area contributed by atoms with Crippen LogP contribution in [0, 0.1) is 0 Å². The van der Waals surface area contributed by atoms with Crippen LogP contribution in [0.4, 0.5) is 0 Å². The first kappa shape index (κ1) is 18.9. The van der Waals surface area contributed by atoms with Crippen LogP contribution in [-0.4, -0.2) is 24.3 Å². The first-order chi connectivity index (χ1) is 14.0. The van der Waals surface area contributed by atoms with Gasteiger partial charge < -0.3 is 4.74 Å². The van der Waals surface area contributed by atoms with Gasteiger partial charge in [-0.05, 0) is 44.0 Å². The van der Waals surface area contributed by atoms with Crippen molar-refractivity contribution in [1.29, 1.82) is 0 Å². The lowest BCUT2D eigenvalue weighted by Gasteiger charge is -2.11. The molecule has 0 spiro atoms. The zero-order valence-corrected chi connectivity index (χ0v) is 17.0. The molecule has 0 fully saturated rings. The van der Waals surface area contributed by atoms with Crippen LogP contribution in [0.25, 0.3) is 22.2 Å². The van der Waals surface area contributed by atoms with E-state index in [0.717, 1.165) is 23.2 Å². The lowest BCUT2D eigenvalue weighted by atomic mass is 10.1. The lowest BCUT2D eigenvalue weighted by molar-refractivity contribution is 0.413. The molecule has 0 unspecified atom stereocenters. The van der Waals surface area contributed by atoms with Crippen molar-refractivity contribution in [2.24, 2.45) is 7.05 Å². The smallest absolute Gasteiger partial charge is 0.306 e. The lowest BCUT2D eigenvalue weighted by Crippen LogP contribution is -2.20. The van der Waals surface area contributed by atoms with Crippen molar-refractivity contribution in [2.75, 3.05) is 0 Å². The Hall–Kier alpha value is -3.48. The Balaban J connectivity index is 1.65. The van der Waals surface area contributed by atoms with E-state index in [9.17, 15) is 4.79 Å². The molecule has 3 heterocycles. The zero-order chi connectivity index (χ0) is 20.5. The summed E-state index contributed by atoms with van der Waals surface area (Å²) in [6.45, 7) is 6.07. The number of hydrogen-bond acceptors (Lipinski definition) is 5. The van der Waals surface area contributed by atoms with Crippen LogP contribution < -0.4 is 10.3 Å². The molecule has 7 heteroatoms. The van der Waals surface area contributed by atoms with Gasteiger partial charge in [0.15, 0.2) is 5.65 Å². The van der Waals surface area contributed by atoms with Crippen molar-refractivity contribution in [3.63, 3.8) is 0 Å². The molecule has 0 saturated heterocycles. The van der Waals surface area contributed by atoms with E-state index < -0.39 is 0 Å². The third-order valence-electron chi connectivity index (χ3n) is 4.87. The molecule has 29 heavy (non-hydrogen) atoms. The maximum Gasteiger partial charge on any atom is 0.306 e. The van der Waals surface area contributed by atoms with Crippen LogP contribution in [0.2, 0.25) is 0 Å². The van der Waals surface area contributed by atoms with Gasteiger partial charge in [0, 0.05) is 30.5 Å². The highest BCUT2D eigenvalue weighted by atomic mass is 16.5. The van der Waals surface area contributed by atoms with Crippen LogP contribution in [0.1, 0.15) is 32.5 Å². The molecule has 3 aromatic heterocycles. The van der Waals surface area contributed by atoms with E-state index in [-0.39, 0.29) is 17.6 Å². The highest BCUT2D eigenvalue weighted by Gasteiger charge is 2.16. The molecule has 0 bridgehead atoms. The van der Waals surface area contributed by atoms with E-state index in [1.807, 2.05) is 50.4 Å². The van der Waals surface area contributed by atoms with Gasteiger partial charge in [0.1, 0.15) is 11.1 Å². The van der Waals surface area contributed by atoms with Gasteiger partial charge in [-0.2, -0.15) is 10.1 Å². The van der Waals surface area contributed by atoms with Gasteiger partial charge in [-0.25, -0.2) is 4.68 Å². The van der Waals surface area contributed by atoms with Crippen LogP contribution in [-0.2, 0) is 13.5 Å². The minimum Gasteiger partial charge on any atom is -0.425 e. The van der Waals surface area contributed by atoms with Crippen molar-refractivity contribution in [3.05, 3.63) is 64.8 Å². The maximum absolute atomic E-state index is 12.6. The molecule has 4 aromatic rings. The summed E-state index contributed by atoms with van der Waals surface area (Å²) in [5, 5.41) is 4.76. The van der Waals surface area contributed by atoms with Gasteiger partial charge in [0.2, 0.25) is 0 Å². The summed E-state index contributed by atoms with van der Waals surface area (Å²) in [6, 6.07) is 12.1. The SMILES string of the molecule is CCc1ccc(-c2ccc(Oc3nc4c(cnn4C(C)C)c(=O)n3C)cc2)cn1. The number of rotatable bonds is 5. The summed E-state index contributed by atoms with van der Waals surface area (Å²) >= 11 is 0. The number of ether oxygens (including phenoxy) is 1. The molecule has 4 rings (SSSR count). The van der Waals surface area contributed by atoms with Gasteiger partial charge in [0.25, 0.3) is 5.56 Å². The molecule has 1 aromatic carbocycles. The Bertz CT molecular complexity index is 1210. The summed E-state index contributed by atoms with van der Waals surface area (Å²) < 4.78 is 9.05. The largest absolute Gasteiger partial charge is 0.425 e. The number of fused-ring (bicyclic) bond motifs is 1. The van der Waals surface area contributed by atoms with Crippen molar-refractivity contribution in [3.8, 4) is 22.9 Å². The van der Waals surface area contributed by atoms with E-state index >= 15 is 0 Å². The second-order valence-corrected chi connectivity index (χ2v) is 7.20. The van der Waals surface area contributed by atoms with E-state index in [1.54, 1.807) is 17.9 Å². The molecule has 0 N–H and O–H groups in total. The Labute approximate surface area is 168 Å². The summed E-state index contributed by atoms with van der Waals surface area (Å²) in [4.78, 5) is 21.6. The summed E-state index contributed by atoms with van der Waals surface area (Å²) in [7, 11) is 1.64. The molecule has 7 nitrogen and oxygen atoms in total. The quantitative estimate of drug-likeness (QED) is 0.513. The standard InChI is InChI=1S/C22H23N5O2/c1-5-17-9-6-16(12-23-17)15-7-10-18(11-8-15)29-22-25-20-19(21(28)26(22)4)13-24-27(20)14(2)3/h6-14H,5H2,1-4H3. The predicted octanol–water partition coefficient (Wildman–Crippen LogP) is 4.13. The van der Waals surface area contributed by atoms with Crippen LogP contribution in [0.3, 0.4) is 0 Å². The third kappa shape index (κ3) is 3.51. The first-order valence-electron chi connectivity index (χ1n) is 9.65. The third-order valence-corrected chi connectivity index (χ3v) is 4.87. The topological polar surface area (TPSA) is 74.8 Å². The monoisotopic (exact) mass is 389 g/mol. The fourth-order valence-corrected chi connectivity index (χ4v) is 3.15. The fraction of sp³-hybridized carbons (Fsp3) is 0.273. The van der Waals surface area contributed by atoms with Gasteiger partial charge in [-0.3, -0.25) is 14.3 Å². The molecule has 0 aliphatic carbocycles. The average molecular weight is 389 g/mol. The van der Waals surface area contributed by atoms with Gasteiger partial charge in [0.05, 0.1) is 6.20 Å². The highest BCUT2D eigenvalue weighted by molar-refractivity contribution is 5.73. The van der Waals surface area contributed by atoms with Crippen molar-refractivity contribution >= 4 is 11.0 Å². The molecule has 0 atom stereocenters. The van der Waals surface area contributed by atoms with Crippen molar-refractivity contribution in [2.45, 2.75) is 33.2 Å². The van der Waals surface area contributed by atoms with Gasteiger partial charge in [-0.15, -0.1) is 0 Å². The summed E-state index contributed by atoms with van der Waals surface area (Å²) in [5.74, 6) is 0.601. The highest BCUT2D eigenvalue weighted by Crippen LogP contribution is 2.25. The first-order valence-corrected chi connectivity index (χ1v) is 9.65. The second kappa shape index (κ2) is 7.50. The van der Waals surface area contributed by atoms with Crippen LogP contribution in [0.15, 0.2) is 53.6 Å². The van der Waals surface area contributed by atoms with Crippen LogP contribution >= 0.6 is 0 Å². The number of benzene rings is 1. The molecule has 148 valence electrons. The number of pyridine rings is 1. The van der Waals surface area contributed by atoms with E-state index in [4.69, 9.17) is 4.74 Å². The van der Waals surface area contributed by atoms with Crippen molar-refractivity contribution in [1.82, 2.24) is 24.3 Å². The minimum absolute atomic E-state index is 0.0898. The number of hydrogen-bond donors (Lipinski definition) is 0. The molecular formula is C22H23N5O2. The molecule has 0 aliphatic heterocycles. The Morgan fingerprint density at radius 1 is 1.03 bits per heavy atom. The van der Waals surface area contributed by atoms with Gasteiger partial charge >= 0.3 is 6.01 Å². The number of aromatic nitrogens is 5. The van der Waals surface area contributed by atoms with E-state index in [1.165, 1.54) is 4.57 Å². The average Bonchev–Trinajstić information content (AvgIpc) is 3.17. The molecule has 0 aliphatic rings. The molecular weight excluding hydrogens is 366 g/mol. The minimum atomic E-state index is -0.185. The van der Waals surface area contributed by atoms with Gasteiger partial charge in [-0.1, -0.05) is 25.1 Å². The summed E-state index contributed by atoms with van der Waals surface area (Å²) in [5.41, 5.74) is 3.49. The zero-order valence-electron chi connectivity index (χ0n) is 17.0. The fourth-order valence-electron chi connectivity index (χ4n) is 3.15. The predicted molar refractivity (Wildman–Crippen MR) is 112 cm³/mol. The second-order valence-electron chi connectivity index (χ2n) is 7.20. The maximum atomic E-state index is 12.6. The van der Waals surface area contributed by atoms with Crippen molar-refractivity contribution < 1.29 is 4.74 Å². The number of nitrogens with zero attached hydrogens (tertiary/aromatic N) is 5.